The van der Waals surface area contributed by atoms with Crippen LogP contribution in [0.2, 0.25) is 0 Å². The van der Waals surface area contributed by atoms with Gasteiger partial charge in [-0.15, -0.1) is 0 Å². The van der Waals surface area contributed by atoms with Crippen molar-refractivity contribution in [1.29, 1.82) is 0 Å². The van der Waals surface area contributed by atoms with E-state index in [4.69, 9.17) is 9.47 Å². The first kappa shape index (κ1) is 83.7. The number of carbonyl (C=O) groups is 1. The maximum absolute atomic E-state index is 13.2. The Labute approximate surface area is 540 Å². The van der Waals surface area contributed by atoms with E-state index in [2.05, 4.69) is 31.3 Å². The lowest BCUT2D eigenvalue weighted by Crippen LogP contribution is -2.60. The first-order valence-corrected chi connectivity index (χ1v) is 39.1. The van der Waals surface area contributed by atoms with Crippen molar-refractivity contribution in [3.63, 3.8) is 0 Å². The Hall–Kier alpha value is -1.33. The van der Waals surface area contributed by atoms with Gasteiger partial charge < -0.3 is 40.3 Å². The van der Waals surface area contributed by atoms with Gasteiger partial charge in [-0.3, -0.25) is 4.79 Å². The lowest BCUT2D eigenvalue weighted by molar-refractivity contribution is -0.302. The average molecular weight is 1230 g/mol. The molecular formula is C78H151NO8. The summed E-state index contributed by atoms with van der Waals surface area (Å²) in [5.41, 5.74) is 0. The minimum absolute atomic E-state index is 0.177. The quantitative estimate of drug-likeness (QED) is 0.0261. The van der Waals surface area contributed by atoms with Crippen LogP contribution in [0.1, 0.15) is 412 Å². The van der Waals surface area contributed by atoms with Crippen LogP contribution in [-0.4, -0.2) is 87.5 Å². The number of rotatable bonds is 70. The fraction of sp³-hybridized carbons (Fsp3) is 0.936. The number of hydrogen-bond acceptors (Lipinski definition) is 8. The lowest BCUT2D eigenvalue weighted by Gasteiger charge is -2.40. The summed E-state index contributed by atoms with van der Waals surface area (Å²) in [6.45, 7) is 3.84. The highest BCUT2D eigenvalue weighted by molar-refractivity contribution is 5.76. The van der Waals surface area contributed by atoms with Crippen molar-refractivity contribution in [2.24, 2.45) is 0 Å². The Morgan fingerprint density at radius 2 is 0.655 bits per heavy atom. The maximum Gasteiger partial charge on any atom is 0.220 e. The largest absolute Gasteiger partial charge is 0.394 e. The predicted octanol–water partition coefficient (Wildman–Crippen LogP) is 22.0. The zero-order chi connectivity index (χ0) is 62.8. The molecule has 516 valence electrons. The van der Waals surface area contributed by atoms with Gasteiger partial charge in [0, 0.05) is 6.42 Å². The summed E-state index contributed by atoms with van der Waals surface area (Å²) in [4.78, 5) is 13.2. The van der Waals surface area contributed by atoms with E-state index >= 15 is 0 Å². The number of unbranched alkanes of at least 4 members (excludes halogenated alkanes) is 58. The first-order valence-electron chi connectivity index (χ1n) is 39.1. The topological polar surface area (TPSA) is 149 Å². The van der Waals surface area contributed by atoms with E-state index in [1.807, 2.05) is 6.08 Å². The molecule has 1 fully saturated rings. The Balaban J connectivity index is 2.07. The lowest BCUT2D eigenvalue weighted by atomic mass is 9.99. The maximum atomic E-state index is 13.2. The van der Waals surface area contributed by atoms with E-state index in [0.29, 0.717) is 6.42 Å². The van der Waals surface area contributed by atoms with E-state index in [1.54, 1.807) is 6.08 Å². The van der Waals surface area contributed by atoms with Crippen molar-refractivity contribution in [3.8, 4) is 0 Å². The summed E-state index contributed by atoms with van der Waals surface area (Å²) < 4.78 is 11.3. The van der Waals surface area contributed by atoms with Crippen LogP contribution in [0.15, 0.2) is 24.3 Å². The standard InChI is InChI=1S/C78H151NO8/c1-3-5-7-9-11-13-15-17-19-21-23-25-27-29-31-33-34-35-36-37-38-39-40-42-44-46-48-50-52-54-56-58-60-62-64-66-68-74(82)79-71(70-86-78-77(85)76(84)75(83)73(69-80)87-78)72(81)67-65-63-61-59-57-55-53-51-49-47-45-43-41-32-30-28-26-24-22-20-18-16-14-12-10-8-6-4-2/h57,59,65,67,71-73,75-78,80-81,83-85H,3-56,58,60-64,66,68-70H2,1-2H3,(H,79,82)/b59-57+,67-65+. The molecule has 0 aromatic heterocycles. The summed E-state index contributed by atoms with van der Waals surface area (Å²) in [7, 11) is 0. The van der Waals surface area contributed by atoms with Crippen molar-refractivity contribution < 1.29 is 39.8 Å². The van der Waals surface area contributed by atoms with E-state index in [1.165, 1.54) is 353 Å². The van der Waals surface area contributed by atoms with Crippen LogP contribution in [0.3, 0.4) is 0 Å². The van der Waals surface area contributed by atoms with E-state index in [9.17, 15) is 30.3 Å². The number of aliphatic hydroxyl groups excluding tert-OH is 5. The van der Waals surface area contributed by atoms with Gasteiger partial charge >= 0.3 is 0 Å². The van der Waals surface area contributed by atoms with Crippen LogP contribution in [0.5, 0.6) is 0 Å². The third kappa shape index (κ3) is 56.0. The van der Waals surface area contributed by atoms with Crippen LogP contribution in [-0.2, 0) is 14.3 Å². The molecule has 0 aliphatic carbocycles. The molecule has 0 aromatic rings. The molecule has 9 nitrogen and oxygen atoms in total. The molecular weight excluding hydrogens is 1080 g/mol. The third-order valence-corrected chi connectivity index (χ3v) is 19.0. The summed E-state index contributed by atoms with van der Waals surface area (Å²) >= 11 is 0. The molecule has 1 heterocycles. The first-order chi connectivity index (χ1) is 42.8. The second-order valence-corrected chi connectivity index (χ2v) is 27.5. The minimum Gasteiger partial charge on any atom is -0.394 e. The number of ether oxygens (including phenoxy) is 2. The highest BCUT2D eigenvalue weighted by Gasteiger charge is 2.44. The van der Waals surface area contributed by atoms with Gasteiger partial charge in [0.1, 0.15) is 24.4 Å². The van der Waals surface area contributed by atoms with Crippen LogP contribution in [0, 0.1) is 0 Å². The normalized spacial score (nSPS) is 18.0. The fourth-order valence-corrected chi connectivity index (χ4v) is 12.9. The Kier molecular flexibility index (Phi) is 65.0. The summed E-state index contributed by atoms with van der Waals surface area (Å²) in [6.07, 6.45) is 83.3. The molecule has 0 bridgehead atoms. The number of hydrogen-bond donors (Lipinski definition) is 6. The summed E-state index contributed by atoms with van der Waals surface area (Å²) in [5, 5.41) is 54.8. The van der Waals surface area contributed by atoms with E-state index in [-0.39, 0.29) is 12.5 Å². The molecule has 7 unspecified atom stereocenters. The summed E-state index contributed by atoms with van der Waals surface area (Å²) in [6, 6.07) is -0.821. The zero-order valence-corrected chi connectivity index (χ0v) is 58.1. The molecule has 7 atom stereocenters. The fourth-order valence-electron chi connectivity index (χ4n) is 12.9. The molecule has 1 saturated heterocycles. The van der Waals surface area contributed by atoms with Gasteiger partial charge in [0.15, 0.2) is 6.29 Å². The highest BCUT2D eigenvalue weighted by atomic mass is 16.7. The minimum atomic E-state index is -1.57. The Bertz CT molecular complexity index is 1430. The van der Waals surface area contributed by atoms with Crippen molar-refractivity contribution in [2.75, 3.05) is 13.2 Å². The molecule has 1 amide bonds. The number of nitrogens with one attached hydrogen (secondary N) is 1. The Morgan fingerprint density at radius 1 is 0.379 bits per heavy atom. The monoisotopic (exact) mass is 1230 g/mol. The van der Waals surface area contributed by atoms with Crippen molar-refractivity contribution in [3.05, 3.63) is 24.3 Å². The zero-order valence-electron chi connectivity index (χ0n) is 58.1. The molecule has 0 spiro atoms. The number of carbonyl (C=O) groups excluding carboxylic acids is 1. The van der Waals surface area contributed by atoms with Crippen molar-refractivity contribution in [1.82, 2.24) is 5.32 Å². The van der Waals surface area contributed by atoms with Crippen LogP contribution >= 0.6 is 0 Å². The second kappa shape index (κ2) is 67.6. The van der Waals surface area contributed by atoms with Gasteiger partial charge in [-0.1, -0.05) is 398 Å². The van der Waals surface area contributed by atoms with Crippen molar-refractivity contribution >= 4 is 5.91 Å². The molecule has 1 aliphatic rings. The van der Waals surface area contributed by atoms with Crippen LogP contribution in [0.25, 0.3) is 0 Å². The van der Waals surface area contributed by atoms with Gasteiger partial charge in [-0.25, -0.2) is 0 Å². The van der Waals surface area contributed by atoms with Crippen LogP contribution < -0.4 is 5.32 Å². The molecule has 1 aliphatic heterocycles. The second-order valence-electron chi connectivity index (χ2n) is 27.5. The highest BCUT2D eigenvalue weighted by Crippen LogP contribution is 2.24. The van der Waals surface area contributed by atoms with Gasteiger partial charge in [0.25, 0.3) is 0 Å². The van der Waals surface area contributed by atoms with Gasteiger partial charge in [0.05, 0.1) is 25.4 Å². The van der Waals surface area contributed by atoms with Gasteiger partial charge in [-0.05, 0) is 32.1 Å². The molecule has 9 heteroatoms. The molecule has 87 heavy (non-hydrogen) atoms. The van der Waals surface area contributed by atoms with E-state index < -0.39 is 49.5 Å². The van der Waals surface area contributed by atoms with E-state index in [0.717, 1.165) is 38.5 Å². The third-order valence-electron chi connectivity index (χ3n) is 19.0. The van der Waals surface area contributed by atoms with Gasteiger partial charge in [-0.2, -0.15) is 0 Å². The van der Waals surface area contributed by atoms with Crippen LogP contribution in [0.4, 0.5) is 0 Å². The molecule has 0 aromatic carbocycles. The molecule has 0 saturated carbocycles. The van der Waals surface area contributed by atoms with Crippen molar-refractivity contribution in [2.45, 2.75) is 455 Å². The number of amides is 1. The smallest absolute Gasteiger partial charge is 0.220 e. The molecule has 1 rings (SSSR count). The number of aliphatic hydroxyl groups is 5. The Morgan fingerprint density at radius 3 is 0.966 bits per heavy atom. The summed E-state index contributed by atoms with van der Waals surface area (Å²) in [5.74, 6) is -0.177. The number of allylic oxidation sites excluding steroid dienone is 3. The SMILES string of the molecule is CCCCCCCCCCCCCCCCCCCCCCCC/C=C/CC/C=C/C(O)C(COC1OC(CO)C(O)C(O)C1O)NC(=O)CCCCCCCCCCCCCCCCCCCCCCCCCCCCCCCCCCCCCC. The average Bonchev–Trinajstić information content (AvgIpc) is 3.46. The molecule has 6 N–H and O–H groups in total. The predicted molar refractivity (Wildman–Crippen MR) is 374 cm³/mol. The molecule has 0 radical (unpaired) electrons. The van der Waals surface area contributed by atoms with Gasteiger partial charge in [0.2, 0.25) is 5.91 Å².